The molecule has 0 bridgehead atoms. The number of carbonyl (C=O) groups is 1. The third-order valence-corrected chi connectivity index (χ3v) is 6.54. The lowest BCUT2D eigenvalue weighted by molar-refractivity contribution is -0.115. The summed E-state index contributed by atoms with van der Waals surface area (Å²) in [5.74, 6) is 1.03. The quantitative estimate of drug-likeness (QED) is 0.684. The zero-order chi connectivity index (χ0) is 16.7. The van der Waals surface area contributed by atoms with Crippen molar-refractivity contribution in [1.82, 2.24) is 10.2 Å². The van der Waals surface area contributed by atoms with Crippen LogP contribution in [0.2, 0.25) is 0 Å². The van der Waals surface area contributed by atoms with Gasteiger partial charge in [-0.15, -0.1) is 10.2 Å². The average Bonchev–Trinajstić information content (AvgIpc) is 3.01. The zero-order valence-corrected chi connectivity index (χ0v) is 16.0. The van der Waals surface area contributed by atoms with Crippen LogP contribution in [0.3, 0.4) is 0 Å². The van der Waals surface area contributed by atoms with E-state index in [1.807, 2.05) is 31.2 Å². The van der Waals surface area contributed by atoms with Crippen molar-refractivity contribution in [1.29, 1.82) is 0 Å². The Morgan fingerprint density at radius 3 is 2.57 bits per heavy atom. The molecule has 23 heavy (non-hydrogen) atoms. The van der Waals surface area contributed by atoms with E-state index in [2.05, 4.69) is 29.4 Å². The molecule has 1 heterocycles. The number of carbonyl (C=O) groups excluding carboxylic acids is 1. The molecule has 0 saturated heterocycles. The Kier molecular flexibility index (Phi) is 7.39. The summed E-state index contributed by atoms with van der Waals surface area (Å²) in [6.45, 7) is 6.14. The van der Waals surface area contributed by atoms with Gasteiger partial charge in [0.2, 0.25) is 5.91 Å². The van der Waals surface area contributed by atoms with Gasteiger partial charge in [-0.2, -0.15) is 0 Å². The normalized spacial score (nSPS) is 12.1. The summed E-state index contributed by atoms with van der Waals surface area (Å²) in [5.41, 5.74) is 2.09. The number of aromatic nitrogens is 2. The lowest BCUT2D eigenvalue weighted by Crippen LogP contribution is -2.22. The van der Waals surface area contributed by atoms with E-state index in [9.17, 15) is 4.79 Å². The highest BCUT2D eigenvalue weighted by molar-refractivity contribution is 8.03. The molecule has 1 N–H and O–H groups in total. The highest BCUT2D eigenvalue weighted by Gasteiger charge is 2.17. The van der Waals surface area contributed by atoms with E-state index in [1.165, 1.54) is 17.3 Å². The van der Waals surface area contributed by atoms with Crippen LogP contribution in [-0.2, 0) is 11.2 Å². The van der Waals surface area contributed by atoms with Crippen molar-refractivity contribution in [3.63, 3.8) is 0 Å². The fraction of sp³-hybridized carbons (Fsp3) is 0.438. The second-order valence-electron chi connectivity index (χ2n) is 4.98. The van der Waals surface area contributed by atoms with Crippen molar-refractivity contribution in [2.75, 3.05) is 11.1 Å². The van der Waals surface area contributed by atoms with Gasteiger partial charge in [0, 0.05) is 11.4 Å². The summed E-state index contributed by atoms with van der Waals surface area (Å²) in [6.07, 6.45) is 2.11. The van der Waals surface area contributed by atoms with Crippen LogP contribution in [0.1, 0.15) is 32.8 Å². The highest BCUT2D eigenvalue weighted by atomic mass is 32.2. The van der Waals surface area contributed by atoms with E-state index < -0.39 is 0 Å². The first-order valence-electron chi connectivity index (χ1n) is 7.65. The summed E-state index contributed by atoms with van der Waals surface area (Å²) < 4.78 is 1.81. The van der Waals surface area contributed by atoms with Crippen LogP contribution in [0.25, 0.3) is 0 Å². The number of benzene rings is 1. The van der Waals surface area contributed by atoms with Crippen LogP contribution in [0, 0.1) is 0 Å². The number of aryl methyl sites for hydroxylation is 1. The van der Waals surface area contributed by atoms with Crippen LogP contribution in [-0.4, -0.2) is 27.1 Å². The number of hydrogen-bond donors (Lipinski definition) is 1. The molecule has 1 aromatic carbocycles. The SMILES string of the molecule is CCCSc1nnc(S[C@H](C)C(=O)Nc2ccc(CC)cc2)s1. The maximum Gasteiger partial charge on any atom is 0.237 e. The number of hydrogen-bond acceptors (Lipinski definition) is 6. The van der Waals surface area contributed by atoms with Crippen molar-refractivity contribution in [3.8, 4) is 0 Å². The molecule has 0 aliphatic carbocycles. The van der Waals surface area contributed by atoms with Gasteiger partial charge in [-0.05, 0) is 37.5 Å². The maximum atomic E-state index is 12.3. The largest absolute Gasteiger partial charge is 0.325 e. The number of thioether (sulfide) groups is 2. The monoisotopic (exact) mass is 367 g/mol. The lowest BCUT2D eigenvalue weighted by Gasteiger charge is -2.10. The molecule has 0 aliphatic heterocycles. The Labute approximate surface area is 149 Å². The number of nitrogens with one attached hydrogen (secondary N) is 1. The fourth-order valence-corrected chi connectivity index (χ4v) is 4.85. The summed E-state index contributed by atoms with van der Waals surface area (Å²) >= 11 is 4.72. The van der Waals surface area contributed by atoms with E-state index in [0.29, 0.717) is 0 Å². The Bertz CT molecular complexity index is 628. The Morgan fingerprint density at radius 1 is 1.22 bits per heavy atom. The van der Waals surface area contributed by atoms with Gasteiger partial charge in [0.25, 0.3) is 0 Å². The Balaban J connectivity index is 1.87. The molecule has 0 aliphatic rings. The minimum absolute atomic E-state index is 0.0165. The Hall–Kier alpha value is -1.05. The zero-order valence-electron chi connectivity index (χ0n) is 13.5. The summed E-state index contributed by atoms with van der Waals surface area (Å²) in [6, 6.07) is 7.96. The van der Waals surface area contributed by atoms with Crippen LogP contribution in [0.4, 0.5) is 5.69 Å². The van der Waals surface area contributed by atoms with Crippen LogP contribution in [0.5, 0.6) is 0 Å². The summed E-state index contributed by atoms with van der Waals surface area (Å²) in [7, 11) is 0. The van der Waals surface area contributed by atoms with Gasteiger partial charge in [-0.25, -0.2) is 0 Å². The van der Waals surface area contributed by atoms with Crippen molar-refractivity contribution in [2.45, 2.75) is 47.5 Å². The molecule has 1 aromatic heterocycles. The Morgan fingerprint density at radius 2 is 1.91 bits per heavy atom. The van der Waals surface area contributed by atoms with Gasteiger partial charge in [-0.3, -0.25) is 4.79 Å². The molecule has 2 rings (SSSR count). The highest BCUT2D eigenvalue weighted by Crippen LogP contribution is 2.31. The van der Waals surface area contributed by atoms with Crippen LogP contribution in [0.15, 0.2) is 32.9 Å². The van der Waals surface area contributed by atoms with Crippen molar-refractivity contribution < 1.29 is 4.79 Å². The standard InChI is InChI=1S/C16H21N3OS3/c1-4-10-21-15-18-19-16(23-15)22-11(3)14(20)17-13-8-6-12(5-2)7-9-13/h6-9,11H,4-5,10H2,1-3H3,(H,17,20)/t11-/m1/s1. The smallest absolute Gasteiger partial charge is 0.237 e. The molecule has 7 heteroatoms. The first kappa shape index (κ1) is 18.3. The minimum Gasteiger partial charge on any atom is -0.325 e. The van der Waals surface area contributed by atoms with Crippen molar-refractivity contribution in [3.05, 3.63) is 29.8 Å². The summed E-state index contributed by atoms with van der Waals surface area (Å²) in [4.78, 5) is 12.3. The van der Waals surface area contributed by atoms with Gasteiger partial charge in [0.05, 0.1) is 5.25 Å². The van der Waals surface area contributed by atoms with Gasteiger partial charge in [0.15, 0.2) is 8.68 Å². The number of amides is 1. The molecule has 1 atom stereocenters. The second kappa shape index (κ2) is 9.30. The van der Waals surface area contributed by atoms with E-state index in [1.54, 1.807) is 23.1 Å². The molecule has 0 unspecified atom stereocenters. The molecular weight excluding hydrogens is 346 g/mol. The molecular formula is C16H21N3OS3. The van der Waals surface area contributed by atoms with Gasteiger partial charge >= 0.3 is 0 Å². The van der Waals surface area contributed by atoms with E-state index >= 15 is 0 Å². The molecule has 0 saturated carbocycles. The molecule has 0 fully saturated rings. The van der Waals surface area contributed by atoms with E-state index in [-0.39, 0.29) is 11.2 Å². The van der Waals surface area contributed by atoms with Crippen LogP contribution < -0.4 is 5.32 Å². The van der Waals surface area contributed by atoms with Gasteiger partial charge in [0.1, 0.15) is 0 Å². The third kappa shape index (κ3) is 5.82. The number of rotatable bonds is 8. The topological polar surface area (TPSA) is 54.9 Å². The molecule has 0 radical (unpaired) electrons. The predicted octanol–water partition coefficient (Wildman–Crippen LogP) is 4.72. The lowest BCUT2D eigenvalue weighted by atomic mass is 10.1. The van der Waals surface area contributed by atoms with Crippen LogP contribution >= 0.6 is 34.9 Å². The number of nitrogens with zero attached hydrogens (tertiary/aromatic N) is 2. The summed E-state index contributed by atoms with van der Waals surface area (Å²) in [5, 5.41) is 11.0. The third-order valence-electron chi connectivity index (χ3n) is 3.09. The molecule has 4 nitrogen and oxygen atoms in total. The van der Waals surface area contributed by atoms with Gasteiger partial charge in [-0.1, -0.05) is 60.8 Å². The second-order valence-corrected chi connectivity index (χ2v) is 8.89. The van der Waals surface area contributed by atoms with Crippen molar-refractivity contribution in [2.24, 2.45) is 0 Å². The van der Waals surface area contributed by atoms with Crippen molar-refractivity contribution >= 4 is 46.5 Å². The number of anilines is 1. The minimum atomic E-state index is -0.210. The van der Waals surface area contributed by atoms with Gasteiger partial charge < -0.3 is 5.32 Å². The predicted molar refractivity (Wildman–Crippen MR) is 101 cm³/mol. The molecule has 1 amide bonds. The van der Waals surface area contributed by atoms with E-state index in [4.69, 9.17) is 0 Å². The first-order chi connectivity index (χ1) is 11.1. The molecule has 2 aromatic rings. The van der Waals surface area contributed by atoms with E-state index in [0.717, 1.165) is 33.0 Å². The first-order valence-corrected chi connectivity index (χ1v) is 10.3. The fourth-order valence-electron chi connectivity index (χ4n) is 1.76. The average molecular weight is 368 g/mol. The maximum absolute atomic E-state index is 12.3. The molecule has 124 valence electrons. The molecule has 0 spiro atoms.